The lowest BCUT2D eigenvalue weighted by atomic mass is 10.0. The highest BCUT2D eigenvalue weighted by atomic mass is 19.1. The molecule has 5 atom stereocenters. The maximum Gasteiger partial charge on any atom is 0.189 e. The second-order valence-electron chi connectivity index (χ2n) is 2.88. The predicted octanol–water partition coefficient (Wildman–Crippen LogP) is -1.59. The Balaban J connectivity index is 2.69. The first-order chi connectivity index (χ1) is 6.11. The van der Waals surface area contributed by atoms with Gasteiger partial charge in [-0.3, -0.25) is 0 Å². The summed E-state index contributed by atoms with van der Waals surface area (Å²) in [5.41, 5.74) is 0. The average molecular weight is 196 g/mol. The SMILES string of the molecule is CO[C@H]1[C@H](O)[C@@H](CO)OC(O)[C@H]1F. The van der Waals surface area contributed by atoms with Crippen LogP contribution in [0.1, 0.15) is 0 Å². The maximum absolute atomic E-state index is 13.1. The monoisotopic (exact) mass is 196 g/mol. The van der Waals surface area contributed by atoms with Gasteiger partial charge in [-0.05, 0) is 0 Å². The Kier molecular flexibility index (Phi) is 3.57. The fraction of sp³-hybridized carbons (Fsp3) is 1.00. The Morgan fingerprint density at radius 1 is 1.46 bits per heavy atom. The van der Waals surface area contributed by atoms with E-state index in [-0.39, 0.29) is 0 Å². The molecule has 1 heterocycles. The van der Waals surface area contributed by atoms with E-state index in [1.165, 1.54) is 7.11 Å². The second-order valence-corrected chi connectivity index (χ2v) is 2.88. The quantitative estimate of drug-likeness (QED) is 0.496. The summed E-state index contributed by atoms with van der Waals surface area (Å²) in [5.74, 6) is 0. The van der Waals surface area contributed by atoms with Gasteiger partial charge in [-0.25, -0.2) is 4.39 Å². The topological polar surface area (TPSA) is 79.2 Å². The van der Waals surface area contributed by atoms with Crippen molar-refractivity contribution in [2.45, 2.75) is 30.8 Å². The highest BCUT2D eigenvalue weighted by Gasteiger charge is 2.45. The van der Waals surface area contributed by atoms with E-state index in [1.54, 1.807) is 0 Å². The summed E-state index contributed by atoms with van der Waals surface area (Å²) in [6.45, 7) is -0.495. The maximum atomic E-state index is 13.1. The van der Waals surface area contributed by atoms with Gasteiger partial charge in [0.05, 0.1) is 6.61 Å². The summed E-state index contributed by atoms with van der Waals surface area (Å²) in [6, 6.07) is 0. The molecule has 0 amide bonds. The Labute approximate surface area is 74.7 Å². The van der Waals surface area contributed by atoms with Crippen LogP contribution < -0.4 is 0 Å². The zero-order valence-electron chi connectivity index (χ0n) is 7.13. The molecule has 0 bridgehead atoms. The number of halogens is 1. The Morgan fingerprint density at radius 3 is 2.54 bits per heavy atom. The van der Waals surface area contributed by atoms with Gasteiger partial charge in [0.1, 0.15) is 18.3 Å². The molecule has 0 saturated carbocycles. The van der Waals surface area contributed by atoms with Gasteiger partial charge >= 0.3 is 0 Å². The lowest BCUT2D eigenvalue weighted by molar-refractivity contribution is -0.275. The molecule has 0 aromatic rings. The zero-order valence-corrected chi connectivity index (χ0v) is 7.13. The van der Waals surface area contributed by atoms with Crippen molar-refractivity contribution >= 4 is 0 Å². The summed E-state index contributed by atoms with van der Waals surface area (Å²) in [5, 5.41) is 27.1. The number of hydrogen-bond acceptors (Lipinski definition) is 5. The minimum absolute atomic E-state index is 0.495. The van der Waals surface area contributed by atoms with Crippen molar-refractivity contribution in [1.29, 1.82) is 0 Å². The molecule has 1 unspecified atom stereocenters. The van der Waals surface area contributed by atoms with Crippen LogP contribution in [0, 0.1) is 0 Å². The first kappa shape index (κ1) is 10.8. The van der Waals surface area contributed by atoms with Crippen LogP contribution in [-0.4, -0.2) is 59.8 Å². The fourth-order valence-electron chi connectivity index (χ4n) is 1.32. The molecular formula is C7H13FO5. The summed E-state index contributed by atoms with van der Waals surface area (Å²) in [4.78, 5) is 0. The van der Waals surface area contributed by atoms with Crippen LogP contribution in [0.3, 0.4) is 0 Å². The lowest BCUT2D eigenvalue weighted by Gasteiger charge is -2.38. The number of alkyl halides is 1. The first-order valence-electron chi connectivity index (χ1n) is 3.91. The standard InChI is InChI=1S/C7H13FO5/c1-12-6-4(8)7(11)13-3(2-9)5(6)10/h3-7,9-11H,2H2,1H3/t3-,4+,5-,6-,7?/m1/s1. The average Bonchev–Trinajstić information content (AvgIpc) is 2.12. The smallest absolute Gasteiger partial charge is 0.189 e. The largest absolute Gasteiger partial charge is 0.394 e. The van der Waals surface area contributed by atoms with Crippen LogP contribution in [-0.2, 0) is 9.47 Å². The molecule has 0 aromatic carbocycles. The molecule has 0 spiro atoms. The molecule has 5 nitrogen and oxygen atoms in total. The number of aliphatic hydroxyl groups excluding tert-OH is 3. The van der Waals surface area contributed by atoms with Gasteiger partial charge in [0, 0.05) is 7.11 Å². The third-order valence-electron chi connectivity index (χ3n) is 2.07. The molecule has 6 heteroatoms. The van der Waals surface area contributed by atoms with Crippen LogP contribution in [0.5, 0.6) is 0 Å². The molecule has 0 aliphatic carbocycles. The third-order valence-corrected chi connectivity index (χ3v) is 2.07. The fourth-order valence-corrected chi connectivity index (χ4v) is 1.32. The van der Waals surface area contributed by atoms with E-state index in [0.717, 1.165) is 0 Å². The molecule has 1 aliphatic rings. The van der Waals surface area contributed by atoms with E-state index in [0.29, 0.717) is 0 Å². The van der Waals surface area contributed by atoms with Crippen LogP contribution in [0.15, 0.2) is 0 Å². The summed E-state index contributed by atoms with van der Waals surface area (Å²) in [7, 11) is 1.22. The molecule has 1 fully saturated rings. The highest BCUT2D eigenvalue weighted by Crippen LogP contribution is 2.23. The van der Waals surface area contributed by atoms with Gasteiger partial charge in [-0.15, -0.1) is 0 Å². The molecule has 3 N–H and O–H groups in total. The second kappa shape index (κ2) is 4.30. The van der Waals surface area contributed by atoms with E-state index < -0.39 is 37.4 Å². The molecule has 1 saturated heterocycles. The van der Waals surface area contributed by atoms with E-state index in [4.69, 9.17) is 10.2 Å². The lowest BCUT2D eigenvalue weighted by Crippen LogP contribution is -2.57. The van der Waals surface area contributed by atoms with Crippen molar-refractivity contribution in [2.75, 3.05) is 13.7 Å². The number of rotatable bonds is 2. The first-order valence-corrected chi connectivity index (χ1v) is 3.91. The van der Waals surface area contributed by atoms with Gasteiger partial charge in [0.25, 0.3) is 0 Å². The van der Waals surface area contributed by atoms with Gasteiger partial charge in [0.2, 0.25) is 0 Å². The summed E-state index contributed by atoms with van der Waals surface area (Å²) >= 11 is 0. The molecular weight excluding hydrogens is 183 g/mol. The number of aliphatic hydroxyl groups is 3. The molecule has 1 aliphatic heterocycles. The summed E-state index contributed by atoms with van der Waals surface area (Å²) in [6.07, 6.45) is -6.91. The minimum atomic E-state index is -1.80. The molecule has 78 valence electrons. The van der Waals surface area contributed by atoms with Crippen molar-refractivity contribution in [3.63, 3.8) is 0 Å². The minimum Gasteiger partial charge on any atom is -0.394 e. The predicted molar refractivity (Wildman–Crippen MR) is 39.7 cm³/mol. The van der Waals surface area contributed by atoms with Gasteiger partial charge in [-0.1, -0.05) is 0 Å². The molecule has 0 radical (unpaired) electrons. The van der Waals surface area contributed by atoms with Crippen LogP contribution in [0.2, 0.25) is 0 Å². The number of hydrogen-bond donors (Lipinski definition) is 3. The van der Waals surface area contributed by atoms with Crippen molar-refractivity contribution < 1.29 is 29.2 Å². The van der Waals surface area contributed by atoms with Crippen LogP contribution in [0.25, 0.3) is 0 Å². The molecule has 13 heavy (non-hydrogen) atoms. The van der Waals surface area contributed by atoms with Gasteiger partial charge in [0.15, 0.2) is 12.5 Å². The van der Waals surface area contributed by atoms with E-state index in [9.17, 15) is 9.50 Å². The van der Waals surface area contributed by atoms with Crippen molar-refractivity contribution in [3.8, 4) is 0 Å². The van der Waals surface area contributed by atoms with Crippen molar-refractivity contribution in [3.05, 3.63) is 0 Å². The van der Waals surface area contributed by atoms with E-state index in [1.807, 2.05) is 0 Å². The molecule has 0 aromatic heterocycles. The Hall–Kier alpha value is -0.270. The van der Waals surface area contributed by atoms with Crippen molar-refractivity contribution in [2.24, 2.45) is 0 Å². The Morgan fingerprint density at radius 2 is 2.08 bits per heavy atom. The number of methoxy groups -OCH3 is 1. The van der Waals surface area contributed by atoms with E-state index in [2.05, 4.69) is 9.47 Å². The van der Waals surface area contributed by atoms with Crippen molar-refractivity contribution in [1.82, 2.24) is 0 Å². The van der Waals surface area contributed by atoms with Gasteiger partial charge in [-0.2, -0.15) is 0 Å². The third kappa shape index (κ3) is 1.97. The Bertz CT molecular complexity index is 167. The van der Waals surface area contributed by atoms with Crippen LogP contribution >= 0.6 is 0 Å². The highest BCUT2D eigenvalue weighted by molar-refractivity contribution is 4.89. The van der Waals surface area contributed by atoms with E-state index >= 15 is 0 Å². The molecule has 1 rings (SSSR count). The number of ether oxygens (including phenoxy) is 2. The van der Waals surface area contributed by atoms with Gasteiger partial charge < -0.3 is 24.8 Å². The summed E-state index contributed by atoms with van der Waals surface area (Å²) < 4.78 is 22.3. The zero-order chi connectivity index (χ0) is 10.0. The normalized spacial score (nSPS) is 46.4. The van der Waals surface area contributed by atoms with Crippen LogP contribution in [0.4, 0.5) is 4.39 Å².